The van der Waals surface area contributed by atoms with Crippen molar-refractivity contribution in [2.45, 2.75) is 57.4 Å². The molecule has 0 spiro atoms. The molecular weight excluding hydrogens is 366 g/mol. The number of aromatic nitrogens is 2. The van der Waals surface area contributed by atoms with Gasteiger partial charge >= 0.3 is 5.22 Å². The number of sulfone groups is 1. The third-order valence-electron chi connectivity index (χ3n) is 3.95. The minimum Gasteiger partial charge on any atom is -0.413 e. The minimum absolute atomic E-state index is 0.0349. The highest BCUT2D eigenvalue weighted by Crippen LogP contribution is 2.16. The second kappa shape index (κ2) is 9.12. The largest absolute Gasteiger partial charge is 0.413 e. The molecule has 0 aliphatic heterocycles. The highest BCUT2D eigenvalue weighted by molar-refractivity contribution is 7.90. The summed E-state index contributed by atoms with van der Waals surface area (Å²) in [5.74, 6) is 0.191. The lowest BCUT2D eigenvalue weighted by Crippen LogP contribution is -2.35. The number of carbonyl (C=O) groups is 1. The molecule has 1 heterocycles. The quantitative estimate of drug-likeness (QED) is 0.657. The molecule has 0 saturated heterocycles. The summed E-state index contributed by atoms with van der Waals surface area (Å²) in [7, 11) is -3.64. The van der Waals surface area contributed by atoms with Crippen molar-refractivity contribution in [2.75, 3.05) is 6.54 Å². The van der Waals surface area contributed by atoms with Gasteiger partial charge in [-0.05, 0) is 18.4 Å². The summed E-state index contributed by atoms with van der Waals surface area (Å²) in [6, 6.07) is 8.89. The molecule has 2 aromatic rings. The van der Waals surface area contributed by atoms with Gasteiger partial charge in [-0.25, -0.2) is 8.42 Å². The number of benzene rings is 1. The molecule has 0 saturated carbocycles. The fraction of sp³-hybridized carbons (Fsp3) is 0.526. The lowest BCUT2D eigenvalue weighted by molar-refractivity contribution is -0.128. The number of nitrogens with zero attached hydrogens (tertiary/aromatic N) is 2. The molecule has 1 amide bonds. The number of carbonyl (C=O) groups excluding carboxylic acids is 1. The maximum Gasteiger partial charge on any atom is 0.335 e. The van der Waals surface area contributed by atoms with Crippen LogP contribution in [0.2, 0.25) is 0 Å². The summed E-state index contributed by atoms with van der Waals surface area (Å²) in [6.07, 6.45) is 3.01. The van der Waals surface area contributed by atoms with E-state index in [2.05, 4.69) is 15.5 Å². The van der Waals surface area contributed by atoms with Crippen molar-refractivity contribution < 1.29 is 17.6 Å². The molecule has 0 fully saturated rings. The number of hydrogen-bond acceptors (Lipinski definition) is 6. The van der Waals surface area contributed by atoms with Crippen molar-refractivity contribution >= 4 is 15.7 Å². The second-order valence-electron chi connectivity index (χ2n) is 7.52. The lowest BCUT2D eigenvalue weighted by atomic mass is 9.96. The number of amides is 1. The SMILES string of the molecule is CC(C)(C)C(=O)NCCCCCc1nnc(S(=O)(=O)Cc2ccccc2)o1. The number of nitrogens with one attached hydrogen (secondary N) is 1. The van der Waals surface area contributed by atoms with Crippen LogP contribution in [0.3, 0.4) is 0 Å². The Hall–Kier alpha value is -2.22. The standard InChI is InChI=1S/C19H27N3O4S/c1-19(2,3)17(23)20-13-9-5-8-12-16-21-22-18(26-16)27(24,25)14-15-10-6-4-7-11-15/h4,6-7,10-11H,5,8-9,12-14H2,1-3H3,(H,20,23). The molecule has 1 N–H and O–H groups in total. The molecule has 0 aliphatic carbocycles. The van der Waals surface area contributed by atoms with Crippen molar-refractivity contribution in [1.29, 1.82) is 0 Å². The molecule has 7 nitrogen and oxygen atoms in total. The number of hydrogen-bond donors (Lipinski definition) is 1. The molecule has 27 heavy (non-hydrogen) atoms. The van der Waals surface area contributed by atoms with E-state index in [1.165, 1.54) is 0 Å². The average molecular weight is 394 g/mol. The van der Waals surface area contributed by atoms with E-state index < -0.39 is 9.84 Å². The smallest absolute Gasteiger partial charge is 0.335 e. The molecule has 0 atom stereocenters. The Balaban J connectivity index is 1.75. The third-order valence-corrected chi connectivity index (χ3v) is 5.36. The summed E-state index contributed by atoms with van der Waals surface area (Å²) in [5, 5.41) is 10.1. The molecule has 8 heteroatoms. The minimum atomic E-state index is -3.64. The Morgan fingerprint density at radius 3 is 2.44 bits per heavy atom. The van der Waals surface area contributed by atoms with Gasteiger partial charge < -0.3 is 9.73 Å². The van der Waals surface area contributed by atoms with E-state index in [1.54, 1.807) is 24.3 Å². The fourth-order valence-corrected chi connectivity index (χ4v) is 3.51. The Kier molecular flexibility index (Phi) is 7.12. The molecule has 148 valence electrons. The van der Waals surface area contributed by atoms with E-state index in [4.69, 9.17) is 4.42 Å². The number of unbranched alkanes of at least 4 members (excludes halogenated alkanes) is 2. The van der Waals surface area contributed by atoms with Crippen LogP contribution in [-0.4, -0.2) is 31.1 Å². The molecule has 2 rings (SSSR count). The zero-order chi connectivity index (χ0) is 19.9. The molecule has 0 radical (unpaired) electrons. The third kappa shape index (κ3) is 6.78. The van der Waals surface area contributed by atoms with E-state index in [-0.39, 0.29) is 22.3 Å². The van der Waals surface area contributed by atoms with Crippen LogP contribution in [0.1, 0.15) is 51.5 Å². The first kappa shape index (κ1) is 21.1. The van der Waals surface area contributed by atoms with Crippen LogP contribution in [0.5, 0.6) is 0 Å². The van der Waals surface area contributed by atoms with Gasteiger partial charge in [0.1, 0.15) is 0 Å². The van der Waals surface area contributed by atoms with Gasteiger partial charge in [0.2, 0.25) is 21.6 Å². The summed E-state index contributed by atoms with van der Waals surface area (Å²) >= 11 is 0. The monoisotopic (exact) mass is 393 g/mol. The first-order valence-corrected chi connectivity index (χ1v) is 10.7. The maximum absolute atomic E-state index is 12.3. The molecule has 1 aromatic carbocycles. The molecule has 0 aliphatic rings. The van der Waals surface area contributed by atoms with Crippen LogP contribution in [-0.2, 0) is 26.8 Å². The Labute approximate surface area is 160 Å². The first-order valence-electron chi connectivity index (χ1n) is 9.06. The van der Waals surface area contributed by atoms with E-state index in [9.17, 15) is 13.2 Å². The molecular formula is C19H27N3O4S. The van der Waals surface area contributed by atoms with Gasteiger partial charge in [0, 0.05) is 18.4 Å². The van der Waals surface area contributed by atoms with Gasteiger partial charge in [-0.2, -0.15) is 0 Å². The van der Waals surface area contributed by atoms with E-state index >= 15 is 0 Å². The Morgan fingerprint density at radius 1 is 1.07 bits per heavy atom. The van der Waals surface area contributed by atoms with Crippen LogP contribution < -0.4 is 5.32 Å². The topological polar surface area (TPSA) is 102 Å². The average Bonchev–Trinajstić information content (AvgIpc) is 3.07. The normalized spacial score (nSPS) is 12.1. The van der Waals surface area contributed by atoms with E-state index in [0.29, 0.717) is 24.4 Å². The number of aryl methyl sites for hydroxylation is 1. The van der Waals surface area contributed by atoms with Gasteiger partial charge in [0.25, 0.3) is 0 Å². The van der Waals surface area contributed by atoms with Crippen molar-refractivity contribution in [3.05, 3.63) is 41.8 Å². The van der Waals surface area contributed by atoms with Crippen molar-refractivity contribution in [2.24, 2.45) is 5.41 Å². The van der Waals surface area contributed by atoms with Crippen LogP contribution in [0.4, 0.5) is 0 Å². The number of rotatable bonds is 9. The second-order valence-corrected chi connectivity index (χ2v) is 9.39. The van der Waals surface area contributed by atoms with Crippen LogP contribution in [0.25, 0.3) is 0 Å². The first-order chi connectivity index (χ1) is 12.7. The predicted octanol–water partition coefficient (Wildman–Crippen LogP) is 2.92. The van der Waals surface area contributed by atoms with Gasteiger partial charge in [-0.15, -0.1) is 5.10 Å². The van der Waals surface area contributed by atoms with Crippen LogP contribution >= 0.6 is 0 Å². The summed E-state index contributed by atoms with van der Waals surface area (Å²) < 4.78 is 30.0. The van der Waals surface area contributed by atoms with Crippen LogP contribution in [0, 0.1) is 5.41 Å². The fourth-order valence-electron chi connectivity index (χ4n) is 2.37. The van der Waals surface area contributed by atoms with Gasteiger partial charge in [-0.3, -0.25) is 4.79 Å². The molecule has 0 bridgehead atoms. The maximum atomic E-state index is 12.3. The molecule has 1 aromatic heterocycles. The molecule has 0 unspecified atom stereocenters. The summed E-state index contributed by atoms with van der Waals surface area (Å²) in [5.41, 5.74) is 0.292. The van der Waals surface area contributed by atoms with Crippen molar-refractivity contribution in [1.82, 2.24) is 15.5 Å². The lowest BCUT2D eigenvalue weighted by Gasteiger charge is -2.17. The summed E-state index contributed by atoms with van der Waals surface area (Å²) in [4.78, 5) is 11.7. The van der Waals surface area contributed by atoms with Crippen molar-refractivity contribution in [3.63, 3.8) is 0 Å². The highest BCUT2D eigenvalue weighted by atomic mass is 32.2. The van der Waals surface area contributed by atoms with Gasteiger partial charge in [-0.1, -0.05) is 62.6 Å². The zero-order valence-electron chi connectivity index (χ0n) is 16.1. The van der Waals surface area contributed by atoms with Crippen LogP contribution in [0.15, 0.2) is 40.0 Å². The Bertz CT molecular complexity index is 839. The Morgan fingerprint density at radius 2 is 1.78 bits per heavy atom. The highest BCUT2D eigenvalue weighted by Gasteiger charge is 2.23. The van der Waals surface area contributed by atoms with E-state index in [1.807, 2.05) is 26.8 Å². The van der Waals surface area contributed by atoms with Gasteiger partial charge in [0.05, 0.1) is 5.75 Å². The zero-order valence-corrected chi connectivity index (χ0v) is 16.9. The van der Waals surface area contributed by atoms with E-state index in [0.717, 1.165) is 19.3 Å². The van der Waals surface area contributed by atoms with Gasteiger partial charge in [0.15, 0.2) is 0 Å². The predicted molar refractivity (Wildman–Crippen MR) is 102 cm³/mol. The van der Waals surface area contributed by atoms with Crippen molar-refractivity contribution in [3.8, 4) is 0 Å². The summed E-state index contributed by atoms with van der Waals surface area (Å²) in [6.45, 7) is 6.25.